The van der Waals surface area contributed by atoms with Crippen LogP contribution < -0.4 is 14.7 Å². The molecule has 0 aliphatic carbocycles. The third kappa shape index (κ3) is 8.56. The number of anilines is 9. The maximum absolute atomic E-state index is 2.33. The summed E-state index contributed by atoms with van der Waals surface area (Å²) in [5.41, 5.74) is 16.0. The predicted molar refractivity (Wildman–Crippen MR) is 270 cm³/mol. The molecule has 0 atom stereocenters. The smallest absolute Gasteiger partial charge is 0.0463 e. The molecule has 0 unspecified atom stereocenters. The van der Waals surface area contributed by atoms with Crippen LogP contribution >= 0.6 is 0 Å². The predicted octanol–water partition coefficient (Wildman–Crippen LogP) is 16.9. The van der Waals surface area contributed by atoms with E-state index in [1.165, 1.54) is 16.7 Å². The zero-order valence-electron chi connectivity index (χ0n) is 35.5. The highest BCUT2D eigenvalue weighted by molar-refractivity contribution is 5.83. The lowest BCUT2D eigenvalue weighted by Gasteiger charge is -2.28. The van der Waals surface area contributed by atoms with E-state index in [1.807, 2.05) is 0 Å². The molecule has 0 spiro atoms. The van der Waals surface area contributed by atoms with Crippen LogP contribution in [0.5, 0.6) is 0 Å². The van der Waals surface area contributed by atoms with Gasteiger partial charge in [-0.2, -0.15) is 0 Å². The minimum absolute atomic E-state index is 0.142. The third-order valence-corrected chi connectivity index (χ3v) is 11.8. The van der Waals surface area contributed by atoms with Gasteiger partial charge in [-0.1, -0.05) is 170 Å². The molecule has 3 heteroatoms. The molecule has 0 aromatic heterocycles. The molecule has 3 nitrogen and oxygen atoms in total. The molecule has 0 fully saturated rings. The Kier molecular flexibility index (Phi) is 11.6. The molecule has 0 N–H and O–H groups in total. The Morgan fingerprint density at radius 2 is 0.359 bits per heavy atom. The van der Waals surface area contributed by atoms with Crippen molar-refractivity contribution in [3.63, 3.8) is 0 Å². The number of hydrogen-bond acceptors (Lipinski definition) is 3. The molecular weight excluding hydrogens is 775 g/mol. The fraction of sp³-hybridized carbons (Fsp3) is 0.0164. The Balaban J connectivity index is 0.932. The standard InChI is InChI=1S/C61H47N3/c1-7-19-49(20-8-1)61(50-21-9-2-10-22-50)51-35-41-58(42-36-51)63(54-27-15-5-16-28-54)56-37-31-47(32-38-56)48-33-39-57(40-34-48)64(55-29-17-6-18-30-55)60-45-43-59(44-46-60)62(52-23-11-3-12-24-52)53-25-13-4-14-26-53/h1-46,61H. The fourth-order valence-electron chi connectivity index (χ4n) is 8.69. The van der Waals surface area contributed by atoms with Gasteiger partial charge in [0.1, 0.15) is 0 Å². The molecule has 0 aliphatic heterocycles. The van der Waals surface area contributed by atoms with Crippen LogP contribution in [0, 0.1) is 0 Å². The topological polar surface area (TPSA) is 9.72 Å². The number of hydrogen-bond donors (Lipinski definition) is 0. The molecule has 64 heavy (non-hydrogen) atoms. The maximum atomic E-state index is 2.33. The van der Waals surface area contributed by atoms with Crippen LogP contribution in [0.15, 0.2) is 279 Å². The van der Waals surface area contributed by atoms with Crippen molar-refractivity contribution in [3.8, 4) is 11.1 Å². The molecule has 10 aromatic carbocycles. The molecular formula is C61H47N3. The van der Waals surface area contributed by atoms with Gasteiger partial charge in [-0.3, -0.25) is 0 Å². The van der Waals surface area contributed by atoms with Crippen molar-refractivity contribution >= 4 is 51.2 Å². The molecule has 10 aromatic rings. The zero-order valence-corrected chi connectivity index (χ0v) is 35.5. The van der Waals surface area contributed by atoms with Crippen molar-refractivity contribution in [1.82, 2.24) is 0 Å². The van der Waals surface area contributed by atoms with Crippen molar-refractivity contribution in [1.29, 1.82) is 0 Å². The lowest BCUT2D eigenvalue weighted by Crippen LogP contribution is -2.12. The van der Waals surface area contributed by atoms with Crippen molar-refractivity contribution < 1.29 is 0 Å². The van der Waals surface area contributed by atoms with Crippen molar-refractivity contribution in [2.45, 2.75) is 5.92 Å². The molecule has 0 saturated carbocycles. The molecule has 0 radical (unpaired) electrons. The normalized spacial score (nSPS) is 11.0. The maximum Gasteiger partial charge on any atom is 0.0463 e. The summed E-state index contributed by atoms with van der Waals surface area (Å²) in [4.78, 5) is 6.94. The van der Waals surface area contributed by atoms with Crippen LogP contribution in [0.2, 0.25) is 0 Å². The molecule has 0 bridgehead atoms. The number of rotatable bonds is 13. The first kappa shape index (κ1) is 39.7. The molecule has 0 aliphatic rings. The average Bonchev–Trinajstić information content (AvgIpc) is 3.38. The highest BCUT2D eigenvalue weighted by atomic mass is 15.2. The van der Waals surface area contributed by atoms with Crippen molar-refractivity contribution in [2.75, 3.05) is 14.7 Å². The monoisotopic (exact) mass is 821 g/mol. The van der Waals surface area contributed by atoms with Gasteiger partial charge in [0.2, 0.25) is 0 Å². The summed E-state index contributed by atoms with van der Waals surface area (Å²) >= 11 is 0. The van der Waals surface area contributed by atoms with E-state index in [0.29, 0.717) is 0 Å². The van der Waals surface area contributed by atoms with E-state index >= 15 is 0 Å². The van der Waals surface area contributed by atoms with E-state index in [2.05, 4.69) is 294 Å². The zero-order chi connectivity index (χ0) is 42.9. The summed E-state index contributed by atoms with van der Waals surface area (Å²) in [7, 11) is 0. The quantitative estimate of drug-likeness (QED) is 0.107. The van der Waals surface area contributed by atoms with Gasteiger partial charge >= 0.3 is 0 Å². The van der Waals surface area contributed by atoms with E-state index in [-0.39, 0.29) is 5.92 Å². The summed E-state index contributed by atoms with van der Waals surface area (Å²) in [5.74, 6) is 0.142. The summed E-state index contributed by atoms with van der Waals surface area (Å²) in [6.45, 7) is 0. The summed E-state index contributed by atoms with van der Waals surface area (Å²) in [6.07, 6.45) is 0. The van der Waals surface area contributed by atoms with Crippen LogP contribution in [-0.4, -0.2) is 0 Å². The lowest BCUT2D eigenvalue weighted by molar-refractivity contribution is 0.977. The van der Waals surface area contributed by atoms with E-state index in [4.69, 9.17) is 0 Å². The second-order valence-electron chi connectivity index (χ2n) is 15.8. The van der Waals surface area contributed by atoms with Crippen LogP contribution in [0.4, 0.5) is 51.2 Å². The Labute approximate surface area is 377 Å². The van der Waals surface area contributed by atoms with Gasteiger partial charge in [0.25, 0.3) is 0 Å². The first-order valence-electron chi connectivity index (χ1n) is 21.9. The van der Waals surface area contributed by atoms with Gasteiger partial charge in [-0.15, -0.1) is 0 Å². The van der Waals surface area contributed by atoms with Gasteiger partial charge in [0.15, 0.2) is 0 Å². The highest BCUT2D eigenvalue weighted by Gasteiger charge is 2.20. The van der Waals surface area contributed by atoms with Gasteiger partial charge < -0.3 is 14.7 Å². The minimum Gasteiger partial charge on any atom is -0.311 e. The Hall–Kier alpha value is -8.40. The molecule has 0 amide bonds. The largest absolute Gasteiger partial charge is 0.311 e. The van der Waals surface area contributed by atoms with Crippen LogP contribution in [0.3, 0.4) is 0 Å². The third-order valence-electron chi connectivity index (χ3n) is 11.8. The van der Waals surface area contributed by atoms with Gasteiger partial charge in [0, 0.05) is 57.1 Å². The summed E-state index contributed by atoms with van der Waals surface area (Å²) < 4.78 is 0. The van der Waals surface area contributed by atoms with Gasteiger partial charge in [0.05, 0.1) is 0 Å². The first-order valence-corrected chi connectivity index (χ1v) is 21.9. The molecule has 10 rings (SSSR count). The van der Waals surface area contributed by atoms with Crippen LogP contribution in [0.1, 0.15) is 22.6 Å². The fourth-order valence-corrected chi connectivity index (χ4v) is 8.69. The number of para-hydroxylation sites is 4. The first-order chi connectivity index (χ1) is 31.8. The van der Waals surface area contributed by atoms with Crippen molar-refractivity contribution in [2.24, 2.45) is 0 Å². The van der Waals surface area contributed by atoms with E-state index in [0.717, 1.165) is 62.3 Å². The lowest BCUT2D eigenvalue weighted by atomic mass is 9.85. The highest BCUT2D eigenvalue weighted by Crippen LogP contribution is 2.41. The second kappa shape index (κ2) is 18.7. The summed E-state index contributed by atoms with van der Waals surface area (Å²) in [5, 5.41) is 0. The Morgan fingerprint density at radius 3 is 0.625 bits per heavy atom. The van der Waals surface area contributed by atoms with Crippen molar-refractivity contribution in [3.05, 3.63) is 296 Å². The van der Waals surface area contributed by atoms with E-state index < -0.39 is 0 Å². The van der Waals surface area contributed by atoms with Gasteiger partial charge in [-0.25, -0.2) is 0 Å². The molecule has 0 saturated heterocycles. The average molecular weight is 822 g/mol. The van der Waals surface area contributed by atoms with E-state index in [9.17, 15) is 0 Å². The SMILES string of the molecule is c1ccc(C(c2ccccc2)c2ccc(N(c3ccccc3)c3ccc(-c4ccc(N(c5ccccc5)c5ccc(N(c6ccccc6)c6ccccc6)cc5)cc4)cc3)cc2)cc1. The summed E-state index contributed by atoms with van der Waals surface area (Å²) in [6, 6.07) is 99.6. The minimum atomic E-state index is 0.142. The van der Waals surface area contributed by atoms with Crippen LogP contribution in [-0.2, 0) is 0 Å². The second-order valence-corrected chi connectivity index (χ2v) is 15.8. The van der Waals surface area contributed by atoms with E-state index in [1.54, 1.807) is 0 Å². The molecule has 0 heterocycles. The molecule has 306 valence electrons. The van der Waals surface area contributed by atoms with Gasteiger partial charge in [-0.05, 0) is 137 Å². The Morgan fingerprint density at radius 1 is 0.172 bits per heavy atom. The number of nitrogens with zero attached hydrogens (tertiary/aromatic N) is 3. The van der Waals surface area contributed by atoms with Crippen LogP contribution in [0.25, 0.3) is 11.1 Å². The number of benzene rings is 10. The Bertz CT molecular complexity index is 2690.